The van der Waals surface area contributed by atoms with Gasteiger partial charge in [0.15, 0.2) is 5.96 Å². The molecule has 0 heterocycles. The van der Waals surface area contributed by atoms with Gasteiger partial charge in [0.1, 0.15) is 5.41 Å². The molecule has 1 aromatic carbocycles. The molecule has 0 saturated heterocycles. The highest BCUT2D eigenvalue weighted by molar-refractivity contribution is 6.05. The Bertz CT molecular complexity index is 705. The quantitative estimate of drug-likeness (QED) is 0.207. The Morgan fingerprint density at radius 1 is 1.07 bits per heavy atom. The Morgan fingerprint density at radius 3 is 2.34 bits per heavy atom. The molecule has 7 heteroatoms. The highest BCUT2D eigenvalue weighted by Crippen LogP contribution is 2.39. The summed E-state index contributed by atoms with van der Waals surface area (Å²) >= 11 is 0. The molecule has 0 atom stereocenters. The maximum atomic E-state index is 13.2. The average molecular weight is 402 g/mol. The number of nitrogens with two attached hydrogens (primary N) is 2. The van der Waals surface area contributed by atoms with Crippen molar-refractivity contribution in [1.82, 2.24) is 10.6 Å². The van der Waals surface area contributed by atoms with Crippen LogP contribution in [0.15, 0.2) is 35.3 Å². The van der Waals surface area contributed by atoms with E-state index in [1.807, 2.05) is 44.2 Å². The molecule has 1 aliphatic carbocycles. The zero-order valence-electron chi connectivity index (χ0n) is 17.7. The van der Waals surface area contributed by atoms with E-state index in [0.29, 0.717) is 32.4 Å². The molecule has 0 radical (unpaired) electrons. The summed E-state index contributed by atoms with van der Waals surface area (Å²) in [6, 6.07) is 10.1. The molecule has 0 unspecified atom stereocenters. The van der Waals surface area contributed by atoms with Gasteiger partial charge in [-0.05, 0) is 51.5 Å². The largest absolute Gasteiger partial charge is 0.370 e. The molecule has 0 spiro atoms. The molecule has 0 aliphatic heterocycles. The number of nitrogens with zero attached hydrogens (tertiary/aromatic N) is 1. The van der Waals surface area contributed by atoms with Crippen LogP contribution < -0.4 is 22.1 Å². The van der Waals surface area contributed by atoms with Crippen molar-refractivity contribution in [3.8, 4) is 0 Å². The fourth-order valence-electron chi connectivity index (χ4n) is 3.93. The zero-order valence-corrected chi connectivity index (χ0v) is 17.7. The Hall–Kier alpha value is -2.57. The summed E-state index contributed by atoms with van der Waals surface area (Å²) in [6.07, 6.45) is 5.23. The monoisotopic (exact) mass is 401 g/mol. The number of hydrogen-bond acceptors (Lipinski definition) is 3. The number of benzene rings is 1. The van der Waals surface area contributed by atoms with E-state index in [-0.39, 0.29) is 17.8 Å². The van der Waals surface area contributed by atoms with E-state index >= 15 is 0 Å². The molecule has 1 saturated carbocycles. The summed E-state index contributed by atoms with van der Waals surface area (Å²) in [6.45, 7) is 5.06. The van der Waals surface area contributed by atoms with Crippen molar-refractivity contribution in [1.29, 1.82) is 0 Å². The lowest BCUT2D eigenvalue weighted by Crippen LogP contribution is -2.56. The van der Waals surface area contributed by atoms with Crippen LogP contribution in [0.1, 0.15) is 57.9 Å². The third-order valence-corrected chi connectivity index (χ3v) is 5.43. The Morgan fingerprint density at radius 2 is 1.72 bits per heavy atom. The summed E-state index contributed by atoms with van der Waals surface area (Å²) in [7, 11) is 0. The van der Waals surface area contributed by atoms with Crippen LogP contribution >= 0.6 is 0 Å². The van der Waals surface area contributed by atoms with Gasteiger partial charge in [-0.25, -0.2) is 0 Å². The second-order valence-electron chi connectivity index (χ2n) is 8.56. The fraction of sp³-hybridized carbons (Fsp3) is 0.591. The van der Waals surface area contributed by atoms with Crippen LogP contribution in [-0.2, 0) is 16.0 Å². The van der Waals surface area contributed by atoms with Gasteiger partial charge >= 0.3 is 0 Å². The van der Waals surface area contributed by atoms with Crippen molar-refractivity contribution in [3.63, 3.8) is 0 Å². The molecule has 2 amide bonds. The number of amides is 2. The topological polar surface area (TPSA) is 123 Å². The Labute approximate surface area is 173 Å². The van der Waals surface area contributed by atoms with Crippen LogP contribution in [-0.4, -0.2) is 36.4 Å². The minimum atomic E-state index is -0.964. The molecular formula is C22H35N5O2. The van der Waals surface area contributed by atoms with E-state index in [9.17, 15) is 9.59 Å². The van der Waals surface area contributed by atoms with Gasteiger partial charge in [0, 0.05) is 18.6 Å². The van der Waals surface area contributed by atoms with E-state index in [1.54, 1.807) is 0 Å². The maximum Gasteiger partial charge on any atom is 0.236 e. The highest BCUT2D eigenvalue weighted by Gasteiger charge is 2.48. The number of unbranched alkanes of at least 4 members (excludes halogenated alkanes) is 1. The van der Waals surface area contributed by atoms with Crippen LogP contribution in [0.2, 0.25) is 0 Å². The van der Waals surface area contributed by atoms with Gasteiger partial charge in [0.25, 0.3) is 0 Å². The molecule has 29 heavy (non-hydrogen) atoms. The second kappa shape index (κ2) is 10.3. The first kappa shape index (κ1) is 22.7. The first-order valence-corrected chi connectivity index (χ1v) is 10.5. The minimum Gasteiger partial charge on any atom is -0.370 e. The van der Waals surface area contributed by atoms with Crippen LogP contribution in [0.25, 0.3) is 0 Å². The van der Waals surface area contributed by atoms with Crippen LogP contribution in [0.3, 0.4) is 0 Å². The van der Waals surface area contributed by atoms with E-state index in [1.165, 1.54) is 0 Å². The molecule has 160 valence electrons. The summed E-state index contributed by atoms with van der Waals surface area (Å²) < 4.78 is 0. The molecule has 0 aromatic heterocycles. The van der Waals surface area contributed by atoms with E-state index in [4.69, 9.17) is 11.5 Å². The first-order valence-electron chi connectivity index (χ1n) is 10.5. The Kier molecular flexibility index (Phi) is 8.05. The number of nitrogens with one attached hydrogen (secondary N) is 2. The number of hydrogen-bond donors (Lipinski definition) is 4. The van der Waals surface area contributed by atoms with Gasteiger partial charge in [0.2, 0.25) is 11.8 Å². The number of rotatable bonds is 10. The lowest BCUT2D eigenvalue weighted by Gasteiger charge is -2.33. The average Bonchev–Trinajstić information content (AvgIpc) is 3.15. The van der Waals surface area contributed by atoms with Crippen molar-refractivity contribution in [3.05, 3.63) is 35.9 Å². The van der Waals surface area contributed by atoms with Crippen molar-refractivity contribution >= 4 is 17.8 Å². The summed E-state index contributed by atoms with van der Waals surface area (Å²) in [5.41, 5.74) is 10.4. The van der Waals surface area contributed by atoms with Gasteiger partial charge in [0.05, 0.1) is 0 Å². The van der Waals surface area contributed by atoms with E-state index in [2.05, 4.69) is 15.6 Å². The van der Waals surface area contributed by atoms with Crippen LogP contribution in [0.4, 0.5) is 0 Å². The SMILES string of the molecule is CC(C)(Cc1ccccc1)NC(=O)C1(C(=O)NCCCCN=C(N)N)CCCC1. The van der Waals surface area contributed by atoms with E-state index in [0.717, 1.165) is 31.2 Å². The van der Waals surface area contributed by atoms with Crippen molar-refractivity contribution in [2.75, 3.05) is 13.1 Å². The maximum absolute atomic E-state index is 13.2. The normalized spacial score (nSPS) is 15.5. The molecular weight excluding hydrogens is 366 g/mol. The smallest absolute Gasteiger partial charge is 0.236 e. The second-order valence-corrected chi connectivity index (χ2v) is 8.56. The lowest BCUT2D eigenvalue weighted by molar-refractivity contribution is -0.144. The minimum absolute atomic E-state index is 0.0775. The zero-order chi connectivity index (χ0) is 21.3. The molecule has 1 fully saturated rings. The molecule has 6 N–H and O–H groups in total. The van der Waals surface area contributed by atoms with Gasteiger partial charge in [-0.15, -0.1) is 0 Å². The predicted octanol–water partition coefficient (Wildman–Crippen LogP) is 1.85. The molecule has 1 aromatic rings. The van der Waals surface area contributed by atoms with Crippen LogP contribution in [0, 0.1) is 5.41 Å². The van der Waals surface area contributed by atoms with Crippen molar-refractivity contribution < 1.29 is 9.59 Å². The first-order chi connectivity index (χ1) is 13.8. The van der Waals surface area contributed by atoms with Gasteiger partial charge in [-0.2, -0.15) is 0 Å². The van der Waals surface area contributed by atoms with Crippen LogP contribution in [0.5, 0.6) is 0 Å². The molecule has 7 nitrogen and oxygen atoms in total. The summed E-state index contributed by atoms with van der Waals surface area (Å²) in [5.74, 6) is -0.243. The lowest BCUT2D eigenvalue weighted by atomic mass is 9.82. The highest BCUT2D eigenvalue weighted by atomic mass is 16.2. The molecule has 2 rings (SSSR count). The van der Waals surface area contributed by atoms with Crippen molar-refractivity contribution in [2.24, 2.45) is 21.9 Å². The van der Waals surface area contributed by atoms with Crippen molar-refractivity contribution in [2.45, 2.75) is 64.3 Å². The predicted molar refractivity (Wildman–Crippen MR) is 116 cm³/mol. The number of carbonyl (C=O) groups is 2. The Balaban J connectivity index is 1.93. The standard InChI is InChI=1S/C22H35N5O2/c1-21(2,16-17-10-4-3-5-11-17)27-19(29)22(12-6-7-13-22)18(28)25-14-8-9-15-26-20(23)24/h3-5,10-11H,6-9,12-16H2,1-2H3,(H,25,28)(H,27,29)(H4,23,24,26). The van der Waals surface area contributed by atoms with E-state index < -0.39 is 11.0 Å². The number of aliphatic imine (C=N–C) groups is 1. The summed E-state index contributed by atoms with van der Waals surface area (Å²) in [4.78, 5) is 30.1. The summed E-state index contributed by atoms with van der Waals surface area (Å²) in [5, 5.41) is 6.11. The molecule has 0 bridgehead atoms. The van der Waals surface area contributed by atoms with Gasteiger partial charge in [-0.1, -0.05) is 43.2 Å². The fourth-order valence-corrected chi connectivity index (χ4v) is 3.93. The third-order valence-electron chi connectivity index (χ3n) is 5.43. The van der Waals surface area contributed by atoms with Gasteiger partial charge < -0.3 is 22.1 Å². The number of carbonyl (C=O) groups excluding carboxylic acids is 2. The van der Waals surface area contributed by atoms with Gasteiger partial charge in [-0.3, -0.25) is 14.6 Å². The molecule has 1 aliphatic rings. The number of guanidine groups is 1. The third kappa shape index (κ3) is 6.76.